The van der Waals surface area contributed by atoms with E-state index in [0.717, 1.165) is 12.4 Å². The molecule has 0 bridgehead atoms. The maximum Gasteiger partial charge on any atom is 0.128 e. The molecule has 14 heavy (non-hydrogen) atoms. The van der Waals surface area contributed by atoms with Crippen LogP contribution in [0.3, 0.4) is 0 Å². The first-order valence-corrected chi connectivity index (χ1v) is 5.28. The lowest BCUT2D eigenvalue weighted by Crippen LogP contribution is -2.36. The minimum absolute atomic E-state index is 0.627. The number of nitrogens with two attached hydrogens (primary N) is 1. The number of hydrogen-bond donors (Lipinski definition) is 3. The minimum Gasteiger partial charge on any atom is -0.369 e. The lowest BCUT2D eigenvalue weighted by Gasteiger charge is -2.20. The average molecular weight is 194 g/mol. The maximum atomic E-state index is 5.47. The van der Waals surface area contributed by atoms with Gasteiger partial charge < -0.3 is 16.4 Å². The third kappa shape index (κ3) is 1.62. The first-order valence-electron chi connectivity index (χ1n) is 5.28. The zero-order valence-corrected chi connectivity index (χ0v) is 8.64. The van der Waals surface area contributed by atoms with E-state index in [4.69, 9.17) is 5.73 Å². The second kappa shape index (κ2) is 4.00. The molecule has 0 saturated carbocycles. The molecule has 4 heteroatoms. The van der Waals surface area contributed by atoms with E-state index in [-0.39, 0.29) is 0 Å². The molecule has 1 aliphatic heterocycles. The highest BCUT2D eigenvalue weighted by Crippen LogP contribution is 2.31. The number of nitrogens with one attached hydrogen (secondary N) is 2. The Morgan fingerprint density at radius 1 is 1.64 bits per heavy atom. The summed E-state index contributed by atoms with van der Waals surface area (Å²) in [6.07, 6.45) is 2.40. The van der Waals surface area contributed by atoms with Crippen molar-refractivity contribution in [3.63, 3.8) is 0 Å². The fourth-order valence-electron chi connectivity index (χ4n) is 2.14. The van der Waals surface area contributed by atoms with Crippen LogP contribution in [-0.4, -0.2) is 25.6 Å². The van der Waals surface area contributed by atoms with E-state index in [1.807, 2.05) is 0 Å². The van der Waals surface area contributed by atoms with E-state index in [1.54, 1.807) is 0 Å². The molecule has 4 nitrogen and oxygen atoms in total. The van der Waals surface area contributed by atoms with Crippen molar-refractivity contribution in [1.29, 1.82) is 0 Å². The smallest absolute Gasteiger partial charge is 0.128 e. The summed E-state index contributed by atoms with van der Waals surface area (Å²) in [5, 5.41) is 6.64. The molecule has 78 valence electrons. The normalized spacial score (nSPS) is 25.6. The van der Waals surface area contributed by atoms with Crippen LogP contribution in [0.1, 0.15) is 19.8 Å². The zero-order valence-electron chi connectivity index (χ0n) is 8.64. The molecule has 0 saturated heterocycles. The van der Waals surface area contributed by atoms with E-state index in [0.29, 0.717) is 19.1 Å². The van der Waals surface area contributed by atoms with E-state index in [2.05, 4.69) is 22.5 Å². The molecule has 2 aliphatic rings. The molecule has 0 spiro atoms. The maximum absolute atomic E-state index is 5.47. The Morgan fingerprint density at radius 2 is 2.50 bits per heavy atom. The molecule has 0 aromatic rings. The molecule has 0 amide bonds. The van der Waals surface area contributed by atoms with E-state index in [9.17, 15) is 0 Å². The van der Waals surface area contributed by atoms with Crippen molar-refractivity contribution in [2.24, 2.45) is 16.6 Å². The first kappa shape index (κ1) is 9.52. The SMILES string of the molecule is C[C@@H]1CCC2=C1C(NCCN)=NCN2. The van der Waals surface area contributed by atoms with Gasteiger partial charge in [0.25, 0.3) is 0 Å². The van der Waals surface area contributed by atoms with Gasteiger partial charge in [0.1, 0.15) is 12.5 Å². The Bertz CT molecular complexity index is 280. The molecule has 4 N–H and O–H groups in total. The number of hydrogen-bond acceptors (Lipinski definition) is 4. The highest BCUT2D eigenvalue weighted by Gasteiger charge is 2.27. The van der Waals surface area contributed by atoms with Gasteiger partial charge in [0.2, 0.25) is 0 Å². The van der Waals surface area contributed by atoms with Crippen LogP contribution in [0, 0.1) is 5.92 Å². The molecular formula is C10H18N4. The van der Waals surface area contributed by atoms with Crippen molar-refractivity contribution in [2.45, 2.75) is 19.8 Å². The summed E-state index contributed by atoms with van der Waals surface area (Å²) >= 11 is 0. The van der Waals surface area contributed by atoms with Gasteiger partial charge in [-0.3, -0.25) is 0 Å². The molecule has 0 fully saturated rings. The Hall–Kier alpha value is -1.03. The first-order chi connectivity index (χ1) is 6.83. The highest BCUT2D eigenvalue weighted by atomic mass is 15.1. The largest absolute Gasteiger partial charge is 0.369 e. The Kier molecular flexibility index (Phi) is 2.72. The summed E-state index contributed by atoms with van der Waals surface area (Å²) in [6, 6.07) is 0. The summed E-state index contributed by atoms with van der Waals surface area (Å²) < 4.78 is 0. The standard InChI is InChI=1S/C10H18N4/c1-7-2-3-8-9(7)10(12-5-4-11)14-6-13-8/h7,13H,2-6,11H2,1H3,(H,12,14)/t7-/m1/s1. The van der Waals surface area contributed by atoms with Crippen LogP contribution in [0.2, 0.25) is 0 Å². The predicted molar refractivity (Wildman–Crippen MR) is 57.9 cm³/mol. The topological polar surface area (TPSA) is 62.4 Å². The molecule has 1 heterocycles. The molecule has 0 aromatic heterocycles. The van der Waals surface area contributed by atoms with Gasteiger partial charge in [0.15, 0.2) is 0 Å². The van der Waals surface area contributed by atoms with Crippen molar-refractivity contribution >= 4 is 5.84 Å². The predicted octanol–water partition coefficient (Wildman–Crippen LogP) is 0.178. The van der Waals surface area contributed by atoms with E-state index >= 15 is 0 Å². The van der Waals surface area contributed by atoms with Gasteiger partial charge in [-0.15, -0.1) is 0 Å². The number of nitrogens with zero attached hydrogens (tertiary/aromatic N) is 1. The van der Waals surface area contributed by atoms with Crippen molar-refractivity contribution in [1.82, 2.24) is 10.6 Å². The summed E-state index contributed by atoms with van der Waals surface area (Å²) in [5.41, 5.74) is 8.23. The van der Waals surface area contributed by atoms with Gasteiger partial charge in [-0.2, -0.15) is 0 Å². The zero-order chi connectivity index (χ0) is 9.97. The Morgan fingerprint density at radius 3 is 3.29 bits per heavy atom. The molecule has 0 radical (unpaired) electrons. The fraction of sp³-hybridized carbons (Fsp3) is 0.700. The number of aliphatic imine (C=N–C) groups is 1. The monoisotopic (exact) mass is 194 g/mol. The summed E-state index contributed by atoms with van der Waals surface area (Å²) in [5.74, 6) is 1.69. The third-order valence-electron chi connectivity index (χ3n) is 2.87. The highest BCUT2D eigenvalue weighted by molar-refractivity contribution is 6.00. The van der Waals surface area contributed by atoms with Crippen molar-refractivity contribution in [2.75, 3.05) is 19.8 Å². The van der Waals surface area contributed by atoms with Crippen LogP contribution in [0.25, 0.3) is 0 Å². The van der Waals surface area contributed by atoms with E-state index in [1.165, 1.54) is 24.1 Å². The van der Waals surface area contributed by atoms with Crippen molar-refractivity contribution in [3.8, 4) is 0 Å². The molecule has 1 aliphatic carbocycles. The number of rotatable bonds is 2. The van der Waals surface area contributed by atoms with Crippen LogP contribution in [0.5, 0.6) is 0 Å². The number of allylic oxidation sites excluding steroid dienone is 1. The Balaban J connectivity index is 2.12. The fourth-order valence-corrected chi connectivity index (χ4v) is 2.14. The summed E-state index contributed by atoms with van der Waals surface area (Å²) in [4.78, 5) is 4.44. The van der Waals surface area contributed by atoms with Crippen LogP contribution in [0.15, 0.2) is 16.3 Å². The average Bonchev–Trinajstić information content (AvgIpc) is 2.58. The lowest BCUT2D eigenvalue weighted by atomic mass is 10.0. The molecule has 0 unspecified atom stereocenters. The summed E-state index contributed by atoms with van der Waals surface area (Å²) in [7, 11) is 0. The summed E-state index contributed by atoms with van der Waals surface area (Å²) in [6.45, 7) is 4.43. The van der Waals surface area contributed by atoms with Gasteiger partial charge >= 0.3 is 0 Å². The second-order valence-electron chi connectivity index (χ2n) is 3.89. The van der Waals surface area contributed by atoms with Gasteiger partial charge in [-0.05, 0) is 18.8 Å². The molecular weight excluding hydrogens is 176 g/mol. The van der Waals surface area contributed by atoms with Crippen LogP contribution < -0.4 is 16.4 Å². The van der Waals surface area contributed by atoms with Gasteiger partial charge in [-0.25, -0.2) is 4.99 Å². The van der Waals surface area contributed by atoms with Crippen molar-refractivity contribution < 1.29 is 0 Å². The van der Waals surface area contributed by atoms with Crippen LogP contribution in [0.4, 0.5) is 0 Å². The van der Waals surface area contributed by atoms with Crippen LogP contribution >= 0.6 is 0 Å². The van der Waals surface area contributed by atoms with Gasteiger partial charge in [-0.1, -0.05) is 6.92 Å². The van der Waals surface area contributed by atoms with Gasteiger partial charge in [0.05, 0.1) is 0 Å². The quantitative estimate of drug-likeness (QED) is 0.587. The molecule has 2 rings (SSSR count). The third-order valence-corrected chi connectivity index (χ3v) is 2.87. The van der Waals surface area contributed by atoms with Crippen LogP contribution in [-0.2, 0) is 0 Å². The van der Waals surface area contributed by atoms with Gasteiger partial charge in [0, 0.05) is 24.4 Å². The second-order valence-corrected chi connectivity index (χ2v) is 3.89. The van der Waals surface area contributed by atoms with E-state index < -0.39 is 0 Å². The van der Waals surface area contributed by atoms with Crippen molar-refractivity contribution in [3.05, 3.63) is 11.3 Å². The molecule has 1 atom stereocenters. The Labute approximate surface area is 84.7 Å². The lowest BCUT2D eigenvalue weighted by molar-refractivity contribution is 0.679. The molecule has 0 aromatic carbocycles. The number of amidine groups is 1. The minimum atomic E-state index is 0.627.